The summed E-state index contributed by atoms with van der Waals surface area (Å²) in [5, 5.41) is 3.22. The summed E-state index contributed by atoms with van der Waals surface area (Å²) in [5.41, 5.74) is 0.568. The molecule has 9 heteroatoms. The van der Waals surface area contributed by atoms with Crippen molar-refractivity contribution in [3.8, 4) is 11.5 Å². The van der Waals surface area contributed by atoms with Gasteiger partial charge in [-0.1, -0.05) is 23.7 Å². The number of nitrogens with zero attached hydrogens (tertiary/aromatic N) is 3. The number of ether oxygens (including phenoxy) is 2. The lowest BCUT2D eigenvalue weighted by molar-refractivity contribution is -0.152. The zero-order valence-corrected chi connectivity index (χ0v) is 18.6. The van der Waals surface area contributed by atoms with E-state index in [1.807, 2.05) is 17.0 Å². The lowest BCUT2D eigenvalue weighted by atomic mass is 9.97. The SMILES string of the molecule is O=C(COC(=O)C1CCN(c2ncccn2)CC1)Nc1ccc(Oc2ccccc2Cl)cc1. The van der Waals surface area contributed by atoms with Gasteiger partial charge in [0.1, 0.15) is 11.5 Å². The number of anilines is 2. The lowest BCUT2D eigenvalue weighted by Gasteiger charge is -2.30. The second kappa shape index (κ2) is 10.8. The fourth-order valence-electron chi connectivity index (χ4n) is 3.48. The first-order valence-electron chi connectivity index (χ1n) is 10.6. The average Bonchev–Trinajstić information content (AvgIpc) is 2.86. The van der Waals surface area contributed by atoms with Crippen molar-refractivity contribution >= 4 is 35.1 Å². The van der Waals surface area contributed by atoms with Crippen molar-refractivity contribution in [3.05, 3.63) is 72.0 Å². The van der Waals surface area contributed by atoms with Crippen LogP contribution < -0.4 is 15.0 Å². The number of hydrogen-bond acceptors (Lipinski definition) is 7. The van der Waals surface area contributed by atoms with Crippen molar-refractivity contribution in [1.82, 2.24) is 9.97 Å². The van der Waals surface area contributed by atoms with Gasteiger partial charge in [-0.15, -0.1) is 0 Å². The summed E-state index contributed by atoms with van der Waals surface area (Å²) in [5.74, 6) is 0.788. The molecule has 170 valence electrons. The molecule has 0 aliphatic carbocycles. The number of carbonyl (C=O) groups excluding carboxylic acids is 2. The molecule has 1 amide bonds. The smallest absolute Gasteiger partial charge is 0.309 e. The Hall–Kier alpha value is -3.65. The second-order valence-corrected chi connectivity index (χ2v) is 7.93. The summed E-state index contributed by atoms with van der Waals surface area (Å²) < 4.78 is 11.0. The van der Waals surface area contributed by atoms with Crippen molar-refractivity contribution in [2.24, 2.45) is 5.92 Å². The van der Waals surface area contributed by atoms with Crippen LogP contribution in [-0.4, -0.2) is 41.5 Å². The maximum Gasteiger partial charge on any atom is 0.309 e. The molecular weight excluding hydrogens is 444 g/mol. The summed E-state index contributed by atoms with van der Waals surface area (Å²) in [6, 6.07) is 15.8. The molecule has 1 N–H and O–H groups in total. The van der Waals surface area contributed by atoms with Gasteiger partial charge < -0.3 is 19.7 Å². The van der Waals surface area contributed by atoms with Crippen LogP contribution in [0, 0.1) is 5.92 Å². The average molecular weight is 467 g/mol. The molecule has 4 rings (SSSR count). The van der Waals surface area contributed by atoms with Crippen molar-refractivity contribution in [3.63, 3.8) is 0 Å². The topological polar surface area (TPSA) is 93.7 Å². The van der Waals surface area contributed by atoms with Gasteiger partial charge in [0.05, 0.1) is 10.9 Å². The lowest BCUT2D eigenvalue weighted by Crippen LogP contribution is -2.38. The summed E-state index contributed by atoms with van der Waals surface area (Å²) in [6.07, 6.45) is 4.65. The number of para-hydroxylation sites is 1. The van der Waals surface area contributed by atoms with E-state index < -0.39 is 5.91 Å². The van der Waals surface area contributed by atoms with Gasteiger partial charge in [0.15, 0.2) is 6.61 Å². The van der Waals surface area contributed by atoms with E-state index in [1.54, 1.807) is 54.9 Å². The predicted octanol–water partition coefficient (Wildman–Crippen LogP) is 4.32. The maximum atomic E-state index is 12.4. The molecule has 1 fully saturated rings. The van der Waals surface area contributed by atoms with Gasteiger partial charge in [0.25, 0.3) is 5.91 Å². The van der Waals surface area contributed by atoms with Gasteiger partial charge in [-0.2, -0.15) is 0 Å². The van der Waals surface area contributed by atoms with Crippen molar-refractivity contribution in [2.75, 3.05) is 29.9 Å². The Bertz CT molecular complexity index is 1090. The molecule has 8 nitrogen and oxygen atoms in total. The van der Waals surface area contributed by atoms with E-state index in [0.29, 0.717) is 54.1 Å². The number of rotatable bonds is 7. The Kier molecular flexibility index (Phi) is 7.36. The summed E-state index contributed by atoms with van der Waals surface area (Å²) in [4.78, 5) is 35.1. The van der Waals surface area contributed by atoms with Crippen LogP contribution in [0.15, 0.2) is 67.0 Å². The summed E-state index contributed by atoms with van der Waals surface area (Å²) >= 11 is 6.09. The number of carbonyl (C=O) groups is 2. The number of hydrogen-bond donors (Lipinski definition) is 1. The molecule has 0 atom stereocenters. The van der Waals surface area contributed by atoms with E-state index in [0.717, 1.165) is 0 Å². The Morgan fingerprint density at radius 1 is 1.00 bits per heavy atom. The first kappa shape index (κ1) is 22.5. The second-order valence-electron chi connectivity index (χ2n) is 7.52. The van der Waals surface area contributed by atoms with Gasteiger partial charge in [0, 0.05) is 31.2 Å². The minimum Gasteiger partial charge on any atom is -0.456 e. The largest absolute Gasteiger partial charge is 0.456 e. The van der Waals surface area contributed by atoms with E-state index in [-0.39, 0.29) is 18.5 Å². The third-order valence-electron chi connectivity index (χ3n) is 5.21. The highest BCUT2D eigenvalue weighted by Gasteiger charge is 2.27. The minimum atomic E-state index is -0.404. The highest BCUT2D eigenvalue weighted by Crippen LogP contribution is 2.29. The van der Waals surface area contributed by atoms with E-state index in [1.165, 1.54) is 0 Å². The van der Waals surface area contributed by atoms with Crippen LogP contribution >= 0.6 is 11.6 Å². The highest BCUT2D eigenvalue weighted by atomic mass is 35.5. The Morgan fingerprint density at radius 2 is 1.70 bits per heavy atom. The number of esters is 1. The molecule has 1 aliphatic heterocycles. The molecule has 2 heterocycles. The van der Waals surface area contributed by atoms with Crippen molar-refractivity contribution in [1.29, 1.82) is 0 Å². The van der Waals surface area contributed by atoms with Gasteiger partial charge >= 0.3 is 5.97 Å². The number of halogens is 1. The molecule has 0 unspecified atom stereocenters. The Labute approximate surface area is 196 Å². The van der Waals surface area contributed by atoms with E-state index in [9.17, 15) is 9.59 Å². The number of amides is 1. The van der Waals surface area contributed by atoms with Crippen molar-refractivity contribution < 1.29 is 19.1 Å². The van der Waals surface area contributed by atoms with Gasteiger partial charge in [-0.3, -0.25) is 9.59 Å². The minimum absolute atomic E-state index is 0.237. The molecular formula is C24H23ClN4O4. The number of piperidine rings is 1. The molecule has 1 saturated heterocycles. The quantitative estimate of drug-likeness (QED) is 0.518. The van der Waals surface area contributed by atoms with E-state index in [4.69, 9.17) is 21.1 Å². The number of nitrogens with one attached hydrogen (secondary N) is 1. The van der Waals surface area contributed by atoms with Crippen LogP contribution in [0.1, 0.15) is 12.8 Å². The molecule has 33 heavy (non-hydrogen) atoms. The fourth-order valence-corrected chi connectivity index (χ4v) is 3.66. The van der Waals surface area contributed by atoms with Crippen LogP contribution in [0.25, 0.3) is 0 Å². The first-order valence-corrected chi connectivity index (χ1v) is 11.0. The van der Waals surface area contributed by atoms with Crippen LogP contribution in [0.2, 0.25) is 5.02 Å². The van der Waals surface area contributed by atoms with Crippen LogP contribution in [0.3, 0.4) is 0 Å². The van der Waals surface area contributed by atoms with Crippen molar-refractivity contribution in [2.45, 2.75) is 12.8 Å². The first-order chi connectivity index (χ1) is 16.1. The molecule has 0 bridgehead atoms. The molecule has 1 aromatic heterocycles. The molecule has 0 spiro atoms. The standard InChI is InChI=1S/C24H23ClN4O4/c25-20-4-1-2-5-21(20)33-19-8-6-18(7-9-19)28-22(30)16-32-23(31)17-10-14-29(15-11-17)24-26-12-3-13-27-24/h1-9,12-13,17H,10-11,14-16H2,(H,28,30). The summed E-state index contributed by atoms with van der Waals surface area (Å²) in [7, 11) is 0. The fraction of sp³-hybridized carbons (Fsp3) is 0.250. The number of aromatic nitrogens is 2. The third-order valence-corrected chi connectivity index (χ3v) is 5.52. The predicted molar refractivity (Wildman–Crippen MR) is 125 cm³/mol. The zero-order chi connectivity index (χ0) is 23.0. The Balaban J connectivity index is 1.20. The molecule has 0 saturated carbocycles. The van der Waals surface area contributed by atoms with Crippen LogP contribution in [-0.2, 0) is 14.3 Å². The number of benzene rings is 2. The highest BCUT2D eigenvalue weighted by molar-refractivity contribution is 6.32. The van der Waals surface area contributed by atoms with E-state index in [2.05, 4.69) is 15.3 Å². The maximum absolute atomic E-state index is 12.4. The normalized spacial score (nSPS) is 13.9. The molecule has 1 aliphatic rings. The molecule has 3 aromatic rings. The molecule has 2 aromatic carbocycles. The van der Waals surface area contributed by atoms with Gasteiger partial charge in [-0.25, -0.2) is 9.97 Å². The van der Waals surface area contributed by atoms with Gasteiger partial charge in [-0.05, 0) is 55.3 Å². The summed E-state index contributed by atoms with van der Waals surface area (Å²) in [6.45, 7) is 0.996. The van der Waals surface area contributed by atoms with Crippen LogP contribution in [0.4, 0.5) is 11.6 Å². The third kappa shape index (κ3) is 6.20. The van der Waals surface area contributed by atoms with E-state index >= 15 is 0 Å². The zero-order valence-electron chi connectivity index (χ0n) is 17.8. The van der Waals surface area contributed by atoms with Crippen LogP contribution in [0.5, 0.6) is 11.5 Å². The van der Waals surface area contributed by atoms with Gasteiger partial charge in [0.2, 0.25) is 5.95 Å². The Morgan fingerprint density at radius 3 is 2.39 bits per heavy atom. The monoisotopic (exact) mass is 466 g/mol. The molecule has 0 radical (unpaired) electrons.